The summed E-state index contributed by atoms with van der Waals surface area (Å²) < 4.78 is 0. The Balaban J connectivity index is 1.54. The van der Waals surface area contributed by atoms with Crippen molar-refractivity contribution >= 4 is 0 Å². The molecule has 0 bridgehead atoms. The van der Waals surface area contributed by atoms with Crippen molar-refractivity contribution in [3.05, 3.63) is 71.3 Å². The summed E-state index contributed by atoms with van der Waals surface area (Å²) in [5, 5.41) is 11.4. The number of fused-ring (bicyclic) bond motifs is 1. The van der Waals surface area contributed by atoms with Gasteiger partial charge >= 0.3 is 0 Å². The second kappa shape index (κ2) is 7.31. The lowest BCUT2D eigenvalue weighted by Gasteiger charge is -2.45. The predicted octanol–water partition coefficient (Wildman–Crippen LogP) is 4.52. The number of aliphatic hydroxyl groups is 1. The van der Waals surface area contributed by atoms with Crippen LogP contribution in [0.3, 0.4) is 0 Å². The van der Waals surface area contributed by atoms with Crippen molar-refractivity contribution in [2.24, 2.45) is 0 Å². The maximum Gasteiger partial charge on any atom is 0.0728 e. The third-order valence-corrected chi connectivity index (χ3v) is 6.19. The molecule has 2 aliphatic rings. The highest BCUT2D eigenvalue weighted by molar-refractivity contribution is 5.35. The lowest BCUT2D eigenvalue weighted by molar-refractivity contribution is -0.0355. The summed E-state index contributed by atoms with van der Waals surface area (Å²) in [5.41, 5.74) is 3.68. The zero-order chi connectivity index (χ0) is 17.1. The molecular weight excluding hydrogens is 306 g/mol. The van der Waals surface area contributed by atoms with Gasteiger partial charge in [-0.2, -0.15) is 0 Å². The van der Waals surface area contributed by atoms with Crippen LogP contribution in [-0.2, 0) is 13.0 Å². The van der Waals surface area contributed by atoms with Crippen molar-refractivity contribution in [2.75, 3.05) is 13.1 Å². The van der Waals surface area contributed by atoms with Gasteiger partial charge in [-0.15, -0.1) is 0 Å². The van der Waals surface area contributed by atoms with Crippen LogP contribution in [0.15, 0.2) is 54.6 Å². The molecule has 1 aliphatic carbocycles. The molecule has 2 aromatic carbocycles. The van der Waals surface area contributed by atoms with Gasteiger partial charge in [0.2, 0.25) is 0 Å². The first-order valence-electron chi connectivity index (χ1n) is 9.81. The highest BCUT2D eigenvalue weighted by Gasteiger charge is 2.42. The van der Waals surface area contributed by atoms with E-state index in [2.05, 4.69) is 59.5 Å². The molecule has 1 N–H and O–H groups in total. The normalized spacial score (nSPS) is 23.2. The third kappa shape index (κ3) is 3.65. The SMILES string of the molecule is OC1(C2CN(CCc3ccccc3)Cc3ccccc32)CCCCC1. The zero-order valence-electron chi connectivity index (χ0n) is 15.0. The molecule has 0 spiro atoms. The van der Waals surface area contributed by atoms with E-state index in [1.807, 2.05) is 0 Å². The summed E-state index contributed by atoms with van der Waals surface area (Å²) in [5.74, 6) is 0.258. The summed E-state index contributed by atoms with van der Waals surface area (Å²) in [7, 11) is 0. The van der Waals surface area contributed by atoms with E-state index < -0.39 is 5.60 Å². The zero-order valence-corrected chi connectivity index (χ0v) is 15.0. The molecule has 0 saturated heterocycles. The highest BCUT2D eigenvalue weighted by atomic mass is 16.3. The van der Waals surface area contributed by atoms with E-state index in [9.17, 15) is 5.11 Å². The van der Waals surface area contributed by atoms with Gasteiger partial charge in [-0.25, -0.2) is 0 Å². The molecule has 1 fully saturated rings. The van der Waals surface area contributed by atoms with Crippen LogP contribution in [0.2, 0.25) is 0 Å². The van der Waals surface area contributed by atoms with E-state index in [4.69, 9.17) is 0 Å². The van der Waals surface area contributed by atoms with E-state index >= 15 is 0 Å². The Bertz CT molecular complexity index is 690. The van der Waals surface area contributed by atoms with Gasteiger partial charge in [0.05, 0.1) is 5.60 Å². The lowest BCUT2D eigenvalue weighted by atomic mass is 9.70. The third-order valence-electron chi connectivity index (χ3n) is 6.19. The molecule has 4 rings (SSSR count). The minimum Gasteiger partial charge on any atom is -0.389 e. The van der Waals surface area contributed by atoms with E-state index in [0.29, 0.717) is 0 Å². The van der Waals surface area contributed by atoms with E-state index in [1.165, 1.54) is 36.0 Å². The minimum absolute atomic E-state index is 0.258. The number of nitrogens with zero attached hydrogens (tertiary/aromatic N) is 1. The molecule has 1 saturated carbocycles. The van der Waals surface area contributed by atoms with Crippen LogP contribution >= 0.6 is 0 Å². The Hall–Kier alpha value is -1.64. The van der Waals surface area contributed by atoms with Gasteiger partial charge in [0, 0.05) is 25.6 Å². The van der Waals surface area contributed by atoms with Crippen molar-refractivity contribution in [1.82, 2.24) is 4.90 Å². The maximum absolute atomic E-state index is 11.4. The Morgan fingerprint density at radius 3 is 2.44 bits per heavy atom. The van der Waals surface area contributed by atoms with Gasteiger partial charge in [0.1, 0.15) is 0 Å². The van der Waals surface area contributed by atoms with E-state index in [-0.39, 0.29) is 5.92 Å². The molecule has 0 radical (unpaired) electrons. The average molecular weight is 335 g/mol. The predicted molar refractivity (Wildman–Crippen MR) is 103 cm³/mol. The number of rotatable bonds is 4. The first-order chi connectivity index (χ1) is 12.2. The molecule has 1 aliphatic heterocycles. The van der Waals surface area contributed by atoms with Crippen molar-refractivity contribution in [3.63, 3.8) is 0 Å². The topological polar surface area (TPSA) is 23.5 Å². The summed E-state index contributed by atoms with van der Waals surface area (Å²) in [6, 6.07) is 19.5. The lowest BCUT2D eigenvalue weighted by Crippen LogP contribution is -2.47. The van der Waals surface area contributed by atoms with Gasteiger partial charge in [-0.05, 0) is 36.0 Å². The smallest absolute Gasteiger partial charge is 0.0728 e. The van der Waals surface area contributed by atoms with Crippen LogP contribution in [0.25, 0.3) is 0 Å². The van der Waals surface area contributed by atoms with E-state index in [1.54, 1.807) is 0 Å². The van der Waals surface area contributed by atoms with Gasteiger partial charge in [-0.3, -0.25) is 4.90 Å². The summed E-state index contributed by atoms with van der Waals surface area (Å²) in [4.78, 5) is 2.55. The second-order valence-electron chi connectivity index (χ2n) is 7.89. The molecule has 1 heterocycles. The van der Waals surface area contributed by atoms with Crippen LogP contribution < -0.4 is 0 Å². The molecule has 0 amide bonds. The number of hydrogen-bond donors (Lipinski definition) is 1. The molecule has 2 nitrogen and oxygen atoms in total. The maximum atomic E-state index is 11.4. The Labute approximate surface area is 151 Å². The summed E-state index contributed by atoms with van der Waals surface area (Å²) in [6.07, 6.45) is 6.60. The Morgan fingerprint density at radius 2 is 1.64 bits per heavy atom. The quantitative estimate of drug-likeness (QED) is 0.888. The highest BCUT2D eigenvalue weighted by Crippen LogP contribution is 2.43. The van der Waals surface area contributed by atoms with E-state index in [0.717, 1.165) is 38.9 Å². The first kappa shape index (κ1) is 16.8. The second-order valence-corrected chi connectivity index (χ2v) is 7.89. The van der Waals surface area contributed by atoms with Crippen LogP contribution in [-0.4, -0.2) is 28.7 Å². The average Bonchev–Trinajstić information content (AvgIpc) is 2.67. The Morgan fingerprint density at radius 1 is 0.920 bits per heavy atom. The van der Waals surface area contributed by atoms with Crippen LogP contribution in [0.4, 0.5) is 0 Å². The van der Waals surface area contributed by atoms with Gasteiger partial charge in [0.15, 0.2) is 0 Å². The fourth-order valence-corrected chi connectivity index (χ4v) is 4.75. The van der Waals surface area contributed by atoms with Crippen molar-refractivity contribution in [3.8, 4) is 0 Å². The largest absolute Gasteiger partial charge is 0.389 e. The van der Waals surface area contributed by atoms with Crippen molar-refractivity contribution in [1.29, 1.82) is 0 Å². The van der Waals surface area contributed by atoms with Gasteiger partial charge in [0.25, 0.3) is 0 Å². The summed E-state index contributed by atoms with van der Waals surface area (Å²) in [6.45, 7) is 3.06. The first-order valence-corrected chi connectivity index (χ1v) is 9.81. The molecule has 2 heteroatoms. The molecule has 25 heavy (non-hydrogen) atoms. The van der Waals surface area contributed by atoms with Crippen molar-refractivity contribution < 1.29 is 5.11 Å². The summed E-state index contributed by atoms with van der Waals surface area (Å²) >= 11 is 0. The molecule has 2 aromatic rings. The monoisotopic (exact) mass is 335 g/mol. The molecule has 1 atom stereocenters. The van der Waals surface area contributed by atoms with Crippen LogP contribution in [0, 0.1) is 0 Å². The molecule has 1 unspecified atom stereocenters. The van der Waals surface area contributed by atoms with Crippen LogP contribution in [0.1, 0.15) is 54.7 Å². The minimum atomic E-state index is -0.514. The fraction of sp³-hybridized carbons (Fsp3) is 0.478. The van der Waals surface area contributed by atoms with Crippen LogP contribution in [0.5, 0.6) is 0 Å². The Kier molecular flexibility index (Phi) is 4.91. The number of benzene rings is 2. The van der Waals surface area contributed by atoms with Gasteiger partial charge in [-0.1, -0.05) is 73.9 Å². The van der Waals surface area contributed by atoms with Gasteiger partial charge < -0.3 is 5.11 Å². The molecule has 132 valence electrons. The molecule has 0 aromatic heterocycles. The number of hydrogen-bond acceptors (Lipinski definition) is 2. The van der Waals surface area contributed by atoms with Crippen molar-refractivity contribution in [2.45, 2.75) is 56.6 Å². The fourth-order valence-electron chi connectivity index (χ4n) is 4.75. The molecular formula is C23H29NO. The standard InChI is InChI=1S/C23H29NO/c25-23(14-7-2-8-15-23)22-18-24(16-13-19-9-3-1-4-10-19)17-20-11-5-6-12-21(20)22/h1,3-6,9-12,22,25H,2,7-8,13-18H2.